The zero-order valence-electron chi connectivity index (χ0n) is 22.7. The zero-order chi connectivity index (χ0) is 30.2. The SMILES string of the molecule is COc1cc(OC)c2c(=O)cc(-c3ccc(O[C@@H]4OC[C@](O)(CO[C@@H]5O[C@H](CO)[C@@H](O)[C@H](O)[C@H]5O)[C@H]4O)cc3)oc2c1. The van der Waals surface area contributed by atoms with Gasteiger partial charge in [0.05, 0.1) is 34.0 Å². The summed E-state index contributed by atoms with van der Waals surface area (Å²) in [5.74, 6) is 1.33. The van der Waals surface area contributed by atoms with E-state index in [4.69, 9.17) is 32.8 Å². The number of aliphatic hydroxyl groups is 6. The fourth-order valence-electron chi connectivity index (χ4n) is 4.79. The van der Waals surface area contributed by atoms with Gasteiger partial charge < -0.3 is 63.5 Å². The van der Waals surface area contributed by atoms with Gasteiger partial charge in [-0.2, -0.15) is 0 Å². The van der Waals surface area contributed by atoms with Crippen molar-refractivity contribution in [2.75, 3.05) is 34.0 Å². The Bertz CT molecular complexity index is 1440. The van der Waals surface area contributed by atoms with E-state index in [-0.39, 0.29) is 27.9 Å². The molecule has 2 aliphatic rings. The molecule has 0 bridgehead atoms. The average molecular weight is 593 g/mol. The van der Waals surface area contributed by atoms with Crippen LogP contribution >= 0.6 is 0 Å². The Morgan fingerprint density at radius 2 is 1.67 bits per heavy atom. The topological polar surface area (TPSA) is 207 Å². The molecular formula is C28H32O14. The molecule has 2 aromatic carbocycles. The second-order valence-electron chi connectivity index (χ2n) is 10.1. The number of fused-ring (bicyclic) bond motifs is 1. The van der Waals surface area contributed by atoms with Gasteiger partial charge in [-0.3, -0.25) is 4.79 Å². The van der Waals surface area contributed by atoms with Crippen molar-refractivity contribution in [1.29, 1.82) is 0 Å². The molecule has 0 saturated carbocycles. The Kier molecular flexibility index (Phi) is 8.71. The quantitative estimate of drug-likeness (QED) is 0.178. The van der Waals surface area contributed by atoms with Gasteiger partial charge in [-0.25, -0.2) is 0 Å². The van der Waals surface area contributed by atoms with E-state index >= 15 is 0 Å². The van der Waals surface area contributed by atoms with Crippen molar-refractivity contribution in [3.05, 3.63) is 52.7 Å². The highest BCUT2D eigenvalue weighted by Crippen LogP contribution is 2.33. The molecule has 42 heavy (non-hydrogen) atoms. The predicted molar refractivity (Wildman–Crippen MR) is 142 cm³/mol. The summed E-state index contributed by atoms with van der Waals surface area (Å²) in [6.07, 6.45) is -10.5. The van der Waals surface area contributed by atoms with Crippen molar-refractivity contribution >= 4 is 11.0 Å². The minimum absolute atomic E-state index is 0.272. The number of methoxy groups -OCH3 is 2. The molecule has 3 aromatic rings. The molecule has 0 aliphatic carbocycles. The molecule has 2 saturated heterocycles. The Morgan fingerprint density at radius 1 is 0.929 bits per heavy atom. The third-order valence-corrected chi connectivity index (χ3v) is 7.27. The van der Waals surface area contributed by atoms with Crippen molar-refractivity contribution < 1.29 is 63.5 Å². The molecule has 228 valence electrons. The van der Waals surface area contributed by atoms with Crippen LogP contribution in [0.2, 0.25) is 0 Å². The van der Waals surface area contributed by atoms with Crippen LogP contribution in [0.3, 0.4) is 0 Å². The Hall–Kier alpha value is -3.31. The van der Waals surface area contributed by atoms with Crippen LogP contribution in [0.15, 0.2) is 51.7 Å². The number of hydrogen-bond acceptors (Lipinski definition) is 14. The summed E-state index contributed by atoms with van der Waals surface area (Å²) in [5.41, 5.74) is -1.44. The maximum atomic E-state index is 12.8. The predicted octanol–water partition coefficient (Wildman–Crippen LogP) is -0.879. The van der Waals surface area contributed by atoms with E-state index in [0.717, 1.165) is 0 Å². The van der Waals surface area contributed by atoms with E-state index < -0.39 is 68.5 Å². The van der Waals surface area contributed by atoms with E-state index in [9.17, 15) is 35.4 Å². The molecule has 14 heteroatoms. The Labute approximate surface area is 238 Å². The lowest BCUT2D eigenvalue weighted by Crippen LogP contribution is -2.60. The highest BCUT2D eigenvalue weighted by atomic mass is 16.7. The summed E-state index contributed by atoms with van der Waals surface area (Å²) in [6.45, 7) is -1.64. The highest BCUT2D eigenvalue weighted by molar-refractivity contribution is 5.86. The van der Waals surface area contributed by atoms with Crippen LogP contribution in [0.1, 0.15) is 0 Å². The first-order chi connectivity index (χ1) is 20.1. The summed E-state index contributed by atoms with van der Waals surface area (Å²) < 4.78 is 38.3. The molecule has 14 nitrogen and oxygen atoms in total. The second kappa shape index (κ2) is 12.1. The van der Waals surface area contributed by atoms with Crippen molar-refractivity contribution in [1.82, 2.24) is 0 Å². The molecule has 0 unspecified atom stereocenters. The Morgan fingerprint density at radius 3 is 2.33 bits per heavy atom. The van der Waals surface area contributed by atoms with Crippen molar-refractivity contribution in [2.24, 2.45) is 0 Å². The van der Waals surface area contributed by atoms with Gasteiger partial charge in [-0.05, 0) is 24.3 Å². The lowest BCUT2D eigenvalue weighted by Gasteiger charge is -2.40. The summed E-state index contributed by atoms with van der Waals surface area (Å²) in [6, 6.07) is 10.9. The maximum absolute atomic E-state index is 12.8. The normalized spacial score (nSPS) is 31.3. The highest BCUT2D eigenvalue weighted by Gasteiger charge is 2.51. The van der Waals surface area contributed by atoms with Crippen LogP contribution in [0.5, 0.6) is 17.2 Å². The standard InChI is InChI=1S/C28H32O14/c1-36-15-7-18(37-2)21-16(30)9-17(41-19(21)8-15)13-3-5-14(6-4-13)40-27-25(34)28(35,12-39-27)11-38-26-24(33)23(32)22(31)20(10-29)42-26/h3-9,20,22-27,29,31-35H,10-12H2,1-2H3/t20-,22-,23+,24-,25+,26-,27+,28-/m1/s1. The summed E-state index contributed by atoms with van der Waals surface area (Å²) in [4.78, 5) is 12.8. The summed E-state index contributed by atoms with van der Waals surface area (Å²) in [7, 11) is 2.93. The molecule has 6 N–H and O–H groups in total. The lowest BCUT2D eigenvalue weighted by molar-refractivity contribution is -0.310. The molecular weight excluding hydrogens is 560 g/mol. The van der Waals surface area contributed by atoms with Crippen LogP contribution in [0.4, 0.5) is 0 Å². The lowest BCUT2D eigenvalue weighted by atomic mass is 9.98. The van der Waals surface area contributed by atoms with Crippen molar-refractivity contribution in [3.63, 3.8) is 0 Å². The third kappa shape index (κ3) is 5.68. The van der Waals surface area contributed by atoms with Gasteiger partial charge in [0.2, 0.25) is 6.29 Å². The Balaban J connectivity index is 1.25. The third-order valence-electron chi connectivity index (χ3n) is 7.27. The van der Waals surface area contributed by atoms with E-state index in [0.29, 0.717) is 17.1 Å². The molecule has 3 heterocycles. The minimum atomic E-state index is -1.97. The average Bonchev–Trinajstić information content (AvgIpc) is 3.27. The van der Waals surface area contributed by atoms with Crippen molar-refractivity contribution in [2.45, 2.75) is 48.7 Å². The molecule has 0 radical (unpaired) electrons. The number of rotatable bonds is 9. The van der Waals surface area contributed by atoms with Crippen LogP contribution < -0.4 is 19.6 Å². The molecule has 0 amide bonds. The van der Waals surface area contributed by atoms with Crippen LogP contribution in [-0.4, -0.2) is 113 Å². The fourth-order valence-corrected chi connectivity index (χ4v) is 4.79. The maximum Gasteiger partial charge on any atom is 0.229 e. The first-order valence-electron chi connectivity index (χ1n) is 13.0. The number of aliphatic hydroxyl groups excluding tert-OH is 5. The zero-order valence-corrected chi connectivity index (χ0v) is 22.7. The molecule has 2 aliphatic heterocycles. The molecule has 1 aromatic heterocycles. The van der Waals surface area contributed by atoms with Crippen molar-refractivity contribution in [3.8, 4) is 28.6 Å². The van der Waals surface area contributed by atoms with Gasteiger partial charge >= 0.3 is 0 Å². The smallest absolute Gasteiger partial charge is 0.229 e. The van der Waals surface area contributed by atoms with Crippen LogP contribution in [-0.2, 0) is 14.2 Å². The van der Waals surface area contributed by atoms with E-state index in [1.165, 1.54) is 20.3 Å². The minimum Gasteiger partial charge on any atom is -0.496 e. The molecule has 2 fully saturated rings. The number of benzene rings is 2. The van der Waals surface area contributed by atoms with Crippen LogP contribution in [0, 0.1) is 0 Å². The molecule has 5 rings (SSSR count). The fraction of sp³-hybridized carbons (Fsp3) is 0.464. The monoisotopic (exact) mass is 592 g/mol. The first kappa shape index (κ1) is 30.2. The van der Waals surface area contributed by atoms with Gasteiger partial charge in [0, 0.05) is 23.8 Å². The molecule has 0 spiro atoms. The largest absolute Gasteiger partial charge is 0.496 e. The number of ether oxygens (including phenoxy) is 6. The van der Waals surface area contributed by atoms with Gasteiger partial charge in [0.25, 0.3) is 0 Å². The van der Waals surface area contributed by atoms with E-state index in [1.54, 1.807) is 36.4 Å². The van der Waals surface area contributed by atoms with Gasteiger partial charge in [0.1, 0.15) is 70.1 Å². The van der Waals surface area contributed by atoms with Gasteiger partial charge in [0.15, 0.2) is 11.7 Å². The molecule has 8 atom stereocenters. The second-order valence-corrected chi connectivity index (χ2v) is 10.1. The number of hydrogen-bond donors (Lipinski definition) is 6. The first-order valence-corrected chi connectivity index (χ1v) is 13.0. The van der Waals surface area contributed by atoms with Crippen LogP contribution in [0.25, 0.3) is 22.3 Å². The van der Waals surface area contributed by atoms with E-state index in [2.05, 4.69) is 0 Å². The van der Waals surface area contributed by atoms with Gasteiger partial charge in [-0.1, -0.05) is 0 Å². The van der Waals surface area contributed by atoms with Gasteiger partial charge in [-0.15, -0.1) is 0 Å². The summed E-state index contributed by atoms with van der Waals surface area (Å²) >= 11 is 0. The summed E-state index contributed by atoms with van der Waals surface area (Å²) in [5, 5.41) is 61.2. The van der Waals surface area contributed by atoms with E-state index in [1.807, 2.05) is 0 Å².